The first-order chi connectivity index (χ1) is 19.1. The van der Waals surface area contributed by atoms with Crippen molar-refractivity contribution in [2.24, 2.45) is 0 Å². The number of pyridine rings is 1. The van der Waals surface area contributed by atoms with Crippen LogP contribution in [0.3, 0.4) is 0 Å². The van der Waals surface area contributed by atoms with Crippen molar-refractivity contribution in [3.05, 3.63) is 35.9 Å². The van der Waals surface area contributed by atoms with Gasteiger partial charge in [0.05, 0.1) is 23.2 Å². The van der Waals surface area contributed by atoms with Gasteiger partial charge in [-0.1, -0.05) is 25.7 Å². The van der Waals surface area contributed by atoms with Crippen molar-refractivity contribution >= 4 is 45.4 Å². The number of nitrogens with zero attached hydrogens (tertiary/aromatic N) is 4. The summed E-state index contributed by atoms with van der Waals surface area (Å²) >= 11 is 0. The summed E-state index contributed by atoms with van der Waals surface area (Å²) in [5.74, 6) is 2.32. The van der Waals surface area contributed by atoms with E-state index in [0.29, 0.717) is 41.7 Å². The summed E-state index contributed by atoms with van der Waals surface area (Å²) in [5, 5.41) is 3.36. The predicted molar refractivity (Wildman–Crippen MR) is 158 cm³/mol. The summed E-state index contributed by atoms with van der Waals surface area (Å²) in [5.41, 5.74) is 1.97. The fraction of sp³-hybridized carbons (Fsp3) is 0.552. The molecule has 3 aliphatic heterocycles. The highest BCUT2D eigenvalue weighted by Crippen LogP contribution is 2.67. The van der Waals surface area contributed by atoms with Crippen LogP contribution < -0.4 is 19.9 Å². The number of nitrogens with one attached hydrogen (secondary N) is 1. The summed E-state index contributed by atoms with van der Waals surface area (Å²) in [6.45, 7) is 2.73. The van der Waals surface area contributed by atoms with Crippen molar-refractivity contribution in [1.82, 2.24) is 9.88 Å². The second kappa shape index (κ2) is 10.1. The number of anilines is 4. The normalized spacial score (nSPS) is 24.5. The summed E-state index contributed by atoms with van der Waals surface area (Å²) in [7, 11) is 0.793. The quantitative estimate of drug-likeness (QED) is 0.427. The van der Waals surface area contributed by atoms with Crippen LogP contribution in [0.4, 0.5) is 23.0 Å². The van der Waals surface area contributed by atoms with Gasteiger partial charge in [0.25, 0.3) is 5.91 Å². The molecule has 3 fully saturated rings. The molecule has 1 saturated carbocycles. The van der Waals surface area contributed by atoms with E-state index in [4.69, 9.17) is 9.72 Å². The zero-order valence-corrected chi connectivity index (χ0v) is 24.2. The van der Waals surface area contributed by atoms with E-state index in [-0.39, 0.29) is 23.9 Å². The maximum Gasteiger partial charge on any atom is 0.254 e. The fourth-order valence-corrected chi connectivity index (χ4v) is 8.54. The molecule has 1 spiro atoms. The third kappa shape index (κ3) is 4.38. The van der Waals surface area contributed by atoms with Gasteiger partial charge in [-0.05, 0) is 56.5 Å². The van der Waals surface area contributed by atoms with Gasteiger partial charge in [-0.15, -0.1) is 0 Å². The molecule has 1 atom stereocenters. The summed E-state index contributed by atoms with van der Waals surface area (Å²) < 4.78 is 25.5. The summed E-state index contributed by atoms with van der Waals surface area (Å²) in [6.07, 6.45) is 7.65. The number of hydrogen-bond acceptors (Lipinski definition) is 8. The molecule has 3 N–H and O–H groups in total. The Morgan fingerprint density at radius 1 is 1.12 bits per heavy atom. The third-order valence-electron chi connectivity index (χ3n) is 9.28. The molecule has 1 aromatic heterocycles. The van der Waals surface area contributed by atoms with Crippen LogP contribution in [0.25, 0.3) is 0 Å². The minimum atomic E-state index is -2.58. The molecule has 2 aromatic rings. The van der Waals surface area contributed by atoms with E-state index in [9.17, 15) is 18.7 Å². The Balaban J connectivity index is 1.23. The molecule has 4 aliphatic rings. The molecule has 4 heterocycles. The van der Waals surface area contributed by atoms with Gasteiger partial charge in [0, 0.05) is 37.5 Å². The molecular formula is C29H39N5O5S. The SMILES string of the molecule is COc1cc(C(=O)N2CC3(CCS3(O)O)C2)ccc1Nc1ccc2c(n1)N(C1CCCCCC1)[C@H](C)C(=O)N2C. The minimum absolute atomic E-state index is 0.0803. The first kappa shape index (κ1) is 27.2. The highest BCUT2D eigenvalue weighted by atomic mass is 32.3. The molecule has 0 bridgehead atoms. The molecular weight excluding hydrogens is 530 g/mol. The van der Waals surface area contributed by atoms with Gasteiger partial charge >= 0.3 is 0 Å². The Bertz CT molecular complexity index is 1320. The van der Waals surface area contributed by atoms with Crippen molar-refractivity contribution in [1.29, 1.82) is 0 Å². The molecule has 2 amide bonds. The lowest BCUT2D eigenvalue weighted by atomic mass is 9.93. The van der Waals surface area contributed by atoms with Crippen LogP contribution in [0.1, 0.15) is 62.2 Å². The Morgan fingerprint density at radius 3 is 2.48 bits per heavy atom. The number of carbonyl (C=O) groups is 2. The predicted octanol–water partition coefficient (Wildman–Crippen LogP) is 5.08. The molecule has 1 aliphatic carbocycles. The molecule has 1 aromatic carbocycles. The maximum atomic E-state index is 13.1. The van der Waals surface area contributed by atoms with Gasteiger partial charge in [-0.2, -0.15) is 10.6 Å². The van der Waals surface area contributed by atoms with Crippen molar-refractivity contribution in [3.8, 4) is 5.75 Å². The lowest BCUT2D eigenvalue weighted by molar-refractivity contribution is -0.119. The second-order valence-corrected chi connectivity index (χ2v) is 14.3. The van der Waals surface area contributed by atoms with Crippen molar-refractivity contribution in [2.75, 3.05) is 48.1 Å². The largest absolute Gasteiger partial charge is 0.495 e. The van der Waals surface area contributed by atoms with E-state index in [1.807, 2.05) is 26.1 Å². The van der Waals surface area contributed by atoms with Crippen molar-refractivity contribution < 1.29 is 23.4 Å². The summed E-state index contributed by atoms with van der Waals surface area (Å²) in [4.78, 5) is 36.8. The number of likely N-dealkylation sites (N-methyl/N-ethyl adjacent to an activating group) is 1. The van der Waals surface area contributed by atoms with E-state index >= 15 is 0 Å². The fourth-order valence-electron chi connectivity index (χ4n) is 6.67. The highest BCUT2D eigenvalue weighted by molar-refractivity contribution is 8.26. The Kier molecular flexibility index (Phi) is 6.87. The molecule has 6 rings (SSSR count). The van der Waals surface area contributed by atoms with E-state index in [2.05, 4.69) is 10.2 Å². The first-order valence-electron chi connectivity index (χ1n) is 14.2. The number of amides is 2. The molecule has 2 saturated heterocycles. The smallest absolute Gasteiger partial charge is 0.254 e. The Labute approximate surface area is 237 Å². The van der Waals surface area contributed by atoms with Crippen LogP contribution in [0.2, 0.25) is 0 Å². The van der Waals surface area contributed by atoms with Gasteiger partial charge in [-0.3, -0.25) is 18.7 Å². The second-order valence-electron chi connectivity index (χ2n) is 11.7. The van der Waals surface area contributed by atoms with Gasteiger partial charge in [0.1, 0.15) is 17.6 Å². The number of rotatable bonds is 5. The lowest BCUT2D eigenvalue weighted by Gasteiger charge is -2.67. The van der Waals surface area contributed by atoms with Gasteiger partial charge in [0.15, 0.2) is 5.82 Å². The van der Waals surface area contributed by atoms with E-state index < -0.39 is 15.3 Å². The van der Waals surface area contributed by atoms with Crippen LogP contribution in [0.15, 0.2) is 30.3 Å². The molecule has 0 unspecified atom stereocenters. The van der Waals surface area contributed by atoms with Crippen LogP contribution in [0.5, 0.6) is 5.75 Å². The first-order valence-corrected chi connectivity index (χ1v) is 15.9. The molecule has 0 radical (unpaired) electrons. The maximum absolute atomic E-state index is 13.1. The number of benzene rings is 1. The van der Waals surface area contributed by atoms with Gasteiger partial charge < -0.3 is 24.8 Å². The van der Waals surface area contributed by atoms with Crippen LogP contribution in [0, 0.1) is 0 Å². The number of hydrogen-bond donors (Lipinski definition) is 3. The average molecular weight is 570 g/mol. The highest BCUT2D eigenvalue weighted by Gasteiger charge is 2.60. The van der Waals surface area contributed by atoms with Crippen LogP contribution in [-0.2, 0) is 4.79 Å². The van der Waals surface area contributed by atoms with Crippen LogP contribution >= 0.6 is 10.6 Å². The monoisotopic (exact) mass is 569 g/mol. The summed E-state index contributed by atoms with van der Waals surface area (Å²) in [6, 6.07) is 9.06. The average Bonchev–Trinajstić information content (AvgIpc) is 3.20. The number of fused-ring (bicyclic) bond motifs is 1. The zero-order valence-electron chi connectivity index (χ0n) is 23.4. The molecule has 10 nitrogen and oxygen atoms in total. The minimum Gasteiger partial charge on any atom is -0.495 e. The number of likely N-dealkylation sites (tertiary alicyclic amines) is 1. The number of methoxy groups -OCH3 is 1. The number of ether oxygens (including phenoxy) is 1. The van der Waals surface area contributed by atoms with Gasteiger partial charge in [-0.25, -0.2) is 4.98 Å². The Morgan fingerprint density at radius 2 is 1.85 bits per heavy atom. The van der Waals surface area contributed by atoms with Crippen molar-refractivity contribution in [3.63, 3.8) is 0 Å². The molecule has 216 valence electrons. The van der Waals surface area contributed by atoms with E-state index in [1.165, 1.54) is 12.8 Å². The number of aromatic nitrogens is 1. The topological polar surface area (TPSA) is 118 Å². The van der Waals surface area contributed by atoms with Crippen molar-refractivity contribution in [2.45, 2.75) is 68.7 Å². The zero-order chi connectivity index (χ0) is 28.2. The number of carbonyl (C=O) groups excluding carboxylic acids is 2. The molecule has 11 heteroatoms. The third-order valence-corrected chi connectivity index (χ3v) is 11.9. The Hall–Kier alpha value is -3.02. The van der Waals surface area contributed by atoms with E-state index in [1.54, 1.807) is 35.1 Å². The van der Waals surface area contributed by atoms with Gasteiger partial charge in [0.2, 0.25) is 5.91 Å². The van der Waals surface area contributed by atoms with E-state index in [0.717, 1.165) is 43.6 Å². The van der Waals surface area contributed by atoms with Crippen LogP contribution in [-0.4, -0.2) is 80.6 Å². The molecule has 40 heavy (non-hydrogen) atoms. The standard InChI is InChI=1S/C29H39N5O5S/c1-19-27(35)32(2)23-12-13-25(31-26(23)34(19)21-8-6-4-5-7-9-21)30-22-11-10-20(16-24(22)39-3)28(36)33-17-29(18-33)14-15-40(29,37)38/h10-13,16,19,21,37-38H,4-9,14-15,17-18H2,1-3H3,(H,30,31)/t19-/m1/s1. The lowest BCUT2D eigenvalue weighted by Crippen LogP contribution is -2.70.